The summed E-state index contributed by atoms with van der Waals surface area (Å²) in [6, 6.07) is 0. The first kappa shape index (κ1) is 6.71. The van der Waals surface area contributed by atoms with E-state index in [9.17, 15) is 0 Å². The van der Waals surface area contributed by atoms with Crippen LogP contribution in [-0.4, -0.2) is 6.61 Å². The number of ether oxygens (including phenoxy) is 1. The maximum Gasteiger partial charge on any atom is 0.0964 e. The molecule has 1 fully saturated rings. The topological polar surface area (TPSA) is 9.23 Å². The van der Waals surface area contributed by atoms with E-state index in [0.29, 0.717) is 5.41 Å². The zero-order chi connectivity index (χ0) is 7.57. The van der Waals surface area contributed by atoms with Crippen molar-refractivity contribution in [2.24, 2.45) is 5.41 Å². The molecule has 1 heterocycles. The summed E-state index contributed by atoms with van der Waals surface area (Å²) in [5.74, 6) is 0. The first-order valence-corrected chi connectivity index (χ1v) is 4.04. The van der Waals surface area contributed by atoms with Gasteiger partial charge in [0.05, 0.1) is 12.9 Å². The van der Waals surface area contributed by atoms with Crippen LogP contribution in [0.5, 0.6) is 0 Å². The molecule has 0 bridgehead atoms. The molecule has 1 aliphatic carbocycles. The molecule has 2 aliphatic rings. The third-order valence-electron chi connectivity index (χ3n) is 2.22. The number of allylic oxidation sites excluding steroid dienone is 4. The second kappa shape index (κ2) is 2.57. The lowest BCUT2D eigenvalue weighted by molar-refractivity contribution is 0.206. The zero-order valence-corrected chi connectivity index (χ0v) is 6.49. The van der Waals surface area contributed by atoms with Gasteiger partial charge in [-0.2, -0.15) is 0 Å². The Hall–Kier alpha value is -0.980. The Morgan fingerprint density at radius 2 is 1.82 bits per heavy atom. The van der Waals surface area contributed by atoms with Crippen LogP contribution in [0.15, 0.2) is 36.6 Å². The predicted molar refractivity (Wildman–Crippen MR) is 45.0 cm³/mol. The lowest BCUT2D eigenvalue weighted by Crippen LogP contribution is -2.03. The Kier molecular flexibility index (Phi) is 1.57. The maximum absolute atomic E-state index is 5.35. The lowest BCUT2D eigenvalue weighted by Gasteiger charge is -2.07. The molecule has 0 N–H and O–H groups in total. The predicted octanol–water partition coefficient (Wildman–Crippen LogP) is 2.42. The fourth-order valence-electron chi connectivity index (χ4n) is 1.22. The Labute approximate surface area is 67.1 Å². The summed E-state index contributed by atoms with van der Waals surface area (Å²) in [4.78, 5) is 0. The van der Waals surface area contributed by atoms with E-state index in [4.69, 9.17) is 4.74 Å². The molecule has 0 amide bonds. The van der Waals surface area contributed by atoms with Crippen LogP contribution < -0.4 is 0 Å². The van der Waals surface area contributed by atoms with Crippen LogP contribution in [-0.2, 0) is 4.74 Å². The fourth-order valence-corrected chi connectivity index (χ4v) is 1.22. The van der Waals surface area contributed by atoms with Crippen LogP contribution >= 0.6 is 0 Å². The largest absolute Gasteiger partial charge is 0.500 e. The van der Waals surface area contributed by atoms with E-state index in [1.807, 2.05) is 18.2 Å². The Morgan fingerprint density at radius 3 is 2.64 bits per heavy atom. The minimum absolute atomic E-state index is 0.388. The molecule has 0 aromatic carbocycles. The normalized spacial score (nSPS) is 34.2. The molecule has 1 heteroatoms. The Bertz CT molecular complexity index is 219. The minimum atomic E-state index is 0.388. The van der Waals surface area contributed by atoms with Gasteiger partial charge in [-0.3, -0.25) is 0 Å². The van der Waals surface area contributed by atoms with Gasteiger partial charge in [-0.25, -0.2) is 0 Å². The van der Waals surface area contributed by atoms with Gasteiger partial charge >= 0.3 is 0 Å². The molecule has 1 saturated carbocycles. The molecule has 0 radical (unpaired) electrons. The molecular formula is C10H12O. The molecule has 0 atom stereocenters. The van der Waals surface area contributed by atoms with Crippen LogP contribution in [0.3, 0.4) is 0 Å². The van der Waals surface area contributed by atoms with Crippen LogP contribution in [0.2, 0.25) is 0 Å². The molecule has 2 rings (SSSR count). The summed E-state index contributed by atoms with van der Waals surface area (Å²) >= 11 is 0. The van der Waals surface area contributed by atoms with Gasteiger partial charge in [0.2, 0.25) is 0 Å². The van der Waals surface area contributed by atoms with E-state index in [1.165, 1.54) is 12.8 Å². The fraction of sp³-hybridized carbons (Fsp3) is 0.400. The van der Waals surface area contributed by atoms with E-state index in [0.717, 1.165) is 6.61 Å². The molecule has 0 unspecified atom stereocenters. The molecule has 1 aliphatic heterocycles. The zero-order valence-electron chi connectivity index (χ0n) is 6.49. The van der Waals surface area contributed by atoms with E-state index >= 15 is 0 Å². The van der Waals surface area contributed by atoms with Crippen LogP contribution in [0, 0.1) is 5.41 Å². The first-order valence-electron chi connectivity index (χ1n) is 4.04. The highest BCUT2D eigenvalue weighted by Gasteiger charge is 2.40. The van der Waals surface area contributed by atoms with Crippen LogP contribution in [0.4, 0.5) is 0 Å². The molecule has 11 heavy (non-hydrogen) atoms. The summed E-state index contributed by atoms with van der Waals surface area (Å²) in [7, 11) is 0. The van der Waals surface area contributed by atoms with Crippen molar-refractivity contribution in [1.29, 1.82) is 0 Å². The van der Waals surface area contributed by atoms with Gasteiger partial charge in [-0.15, -0.1) is 0 Å². The molecular weight excluding hydrogens is 136 g/mol. The van der Waals surface area contributed by atoms with Crippen LogP contribution in [0.1, 0.15) is 12.8 Å². The lowest BCUT2D eigenvalue weighted by atomic mass is 10.1. The van der Waals surface area contributed by atoms with Gasteiger partial charge in [0.25, 0.3) is 0 Å². The van der Waals surface area contributed by atoms with Gasteiger partial charge in [-0.1, -0.05) is 24.3 Å². The Morgan fingerprint density at radius 1 is 1.00 bits per heavy atom. The van der Waals surface area contributed by atoms with Gasteiger partial charge in [-0.05, 0) is 18.9 Å². The second-order valence-electron chi connectivity index (χ2n) is 3.25. The Balaban J connectivity index is 2.10. The van der Waals surface area contributed by atoms with E-state index in [-0.39, 0.29) is 0 Å². The van der Waals surface area contributed by atoms with E-state index in [2.05, 4.69) is 12.2 Å². The number of hydrogen-bond donors (Lipinski definition) is 0. The van der Waals surface area contributed by atoms with Crippen molar-refractivity contribution in [2.75, 3.05) is 6.61 Å². The summed E-state index contributed by atoms with van der Waals surface area (Å²) in [6.45, 7) is 0.849. The van der Waals surface area contributed by atoms with Crippen molar-refractivity contribution >= 4 is 0 Å². The second-order valence-corrected chi connectivity index (χ2v) is 3.25. The SMILES string of the molecule is C1=C\C=C/C2(CC2)CO\C=C/1. The molecule has 1 spiro atoms. The van der Waals surface area contributed by atoms with Crippen molar-refractivity contribution in [3.8, 4) is 0 Å². The monoisotopic (exact) mass is 148 g/mol. The van der Waals surface area contributed by atoms with Gasteiger partial charge in [0.15, 0.2) is 0 Å². The van der Waals surface area contributed by atoms with Gasteiger partial charge in [0.1, 0.15) is 0 Å². The smallest absolute Gasteiger partial charge is 0.0964 e. The number of hydrogen-bond acceptors (Lipinski definition) is 1. The number of rotatable bonds is 0. The highest BCUT2D eigenvalue weighted by molar-refractivity contribution is 5.18. The molecule has 0 aromatic rings. The summed E-state index contributed by atoms with van der Waals surface area (Å²) in [5, 5.41) is 0. The van der Waals surface area contributed by atoms with Crippen molar-refractivity contribution in [2.45, 2.75) is 12.8 Å². The molecule has 58 valence electrons. The van der Waals surface area contributed by atoms with Gasteiger partial charge < -0.3 is 4.74 Å². The van der Waals surface area contributed by atoms with Crippen molar-refractivity contribution in [1.82, 2.24) is 0 Å². The van der Waals surface area contributed by atoms with E-state index < -0.39 is 0 Å². The summed E-state index contributed by atoms with van der Waals surface area (Å²) in [5.41, 5.74) is 0.388. The standard InChI is InChI=1S/C10H12O/c1-2-4-8-11-9-10(5-3-1)6-7-10/h1-5,8H,6-7,9H2/b2-1-,5-3-,8-4-. The van der Waals surface area contributed by atoms with E-state index in [1.54, 1.807) is 6.26 Å². The average molecular weight is 148 g/mol. The third kappa shape index (κ3) is 1.53. The molecule has 0 aromatic heterocycles. The third-order valence-corrected chi connectivity index (χ3v) is 2.22. The van der Waals surface area contributed by atoms with Crippen molar-refractivity contribution in [3.63, 3.8) is 0 Å². The summed E-state index contributed by atoms with van der Waals surface area (Å²) in [6.07, 6.45) is 14.7. The summed E-state index contributed by atoms with van der Waals surface area (Å²) < 4.78 is 5.35. The first-order chi connectivity index (χ1) is 5.41. The average Bonchev–Trinajstić information content (AvgIpc) is 2.70. The quantitative estimate of drug-likeness (QED) is 0.512. The highest BCUT2D eigenvalue weighted by atomic mass is 16.5. The minimum Gasteiger partial charge on any atom is -0.500 e. The molecule has 0 saturated heterocycles. The molecule has 1 nitrogen and oxygen atoms in total. The highest BCUT2D eigenvalue weighted by Crippen LogP contribution is 2.47. The van der Waals surface area contributed by atoms with Crippen LogP contribution in [0.25, 0.3) is 0 Å². The maximum atomic E-state index is 5.35. The van der Waals surface area contributed by atoms with Crippen molar-refractivity contribution < 1.29 is 4.74 Å². The van der Waals surface area contributed by atoms with Crippen molar-refractivity contribution in [3.05, 3.63) is 36.6 Å². The van der Waals surface area contributed by atoms with Gasteiger partial charge in [0, 0.05) is 5.41 Å².